The molecule has 8 heavy (non-hydrogen) atoms. The Morgan fingerprint density at radius 1 is 1.38 bits per heavy atom. The molecule has 0 amide bonds. The van der Waals surface area contributed by atoms with Crippen LogP contribution in [0.2, 0.25) is 0 Å². The van der Waals surface area contributed by atoms with Crippen molar-refractivity contribution in [2.75, 3.05) is 25.1 Å². The maximum Gasteiger partial charge on any atom is 0.000744 e. The monoisotopic (exact) mass is 249 g/mol. The fourth-order valence-electron chi connectivity index (χ4n) is 0.376. The molecule has 0 aromatic rings. The highest BCUT2D eigenvalue weighted by Crippen LogP contribution is 1.88. The van der Waals surface area contributed by atoms with E-state index in [1.54, 1.807) is 0 Å². The number of hydrogen-bond acceptors (Lipinski definition) is 1. The Labute approximate surface area is 71.4 Å². The van der Waals surface area contributed by atoms with Crippen LogP contribution in [0.1, 0.15) is 6.42 Å². The lowest BCUT2D eigenvalue weighted by Crippen LogP contribution is -2.12. The minimum absolute atomic E-state index is 0. The molecule has 0 aliphatic heterocycles. The zero-order chi connectivity index (χ0) is 5.70. The average Bonchev–Trinajstić information content (AvgIpc) is 1.61. The standard InChI is InChI=1S/C5H12IN.ClH/c1-7(2)5-3-4-6;/h3-5H2,1-2H3;1H. The molecule has 0 saturated carbocycles. The Morgan fingerprint density at radius 3 is 2.00 bits per heavy atom. The Hall–Kier alpha value is 0.980. The lowest BCUT2D eigenvalue weighted by molar-refractivity contribution is 0.411. The largest absolute Gasteiger partial charge is 0.309 e. The molecule has 0 radical (unpaired) electrons. The van der Waals surface area contributed by atoms with Crippen molar-refractivity contribution in [3.63, 3.8) is 0 Å². The molecule has 0 aliphatic carbocycles. The first-order valence-electron chi connectivity index (χ1n) is 2.48. The van der Waals surface area contributed by atoms with Gasteiger partial charge in [-0.2, -0.15) is 0 Å². The molecule has 0 aromatic heterocycles. The van der Waals surface area contributed by atoms with Crippen LogP contribution in [0.15, 0.2) is 0 Å². The molecule has 0 rings (SSSR count). The van der Waals surface area contributed by atoms with Gasteiger partial charge in [-0.05, 0) is 27.1 Å². The average molecular weight is 250 g/mol. The molecule has 52 valence electrons. The zero-order valence-electron chi connectivity index (χ0n) is 5.35. The Balaban J connectivity index is 0. The van der Waals surface area contributed by atoms with Gasteiger partial charge >= 0.3 is 0 Å². The second-order valence-electron chi connectivity index (χ2n) is 1.85. The van der Waals surface area contributed by atoms with Gasteiger partial charge in [0.25, 0.3) is 0 Å². The topological polar surface area (TPSA) is 3.24 Å². The van der Waals surface area contributed by atoms with Crippen LogP contribution in [0, 0.1) is 0 Å². The number of rotatable bonds is 3. The summed E-state index contributed by atoms with van der Waals surface area (Å²) in [6, 6.07) is 0. The molecular weight excluding hydrogens is 236 g/mol. The number of alkyl halides is 1. The van der Waals surface area contributed by atoms with Crippen LogP contribution in [0.5, 0.6) is 0 Å². The third-order valence-electron chi connectivity index (χ3n) is 0.739. The van der Waals surface area contributed by atoms with E-state index in [4.69, 9.17) is 0 Å². The molecule has 0 aliphatic rings. The number of hydrogen-bond donors (Lipinski definition) is 0. The van der Waals surface area contributed by atoms with Crippen molar-refractivity contribution in [1.82, 2.24) is 4.90 Å². The highest BCUT2D eigenvalue weighted by atomic mass is 127. The Bertz CT molecular complexity index is 41.4. The van der Waals surface area contributed by atoms with Crippen LogP contribution in [0.3, 0.4) is 0 Å². The Morgan fingerprint density at radius 2 is 1.88 bits per heavy atom. The molecule has 0 bridgehead atoms. The number of nitrogens with zero attached hydrogens (tertiary/aromatic N) is 1. The van der Waals surface area contributed by atoms with Crippen LogP contribution >= 0.6 is 35.0 Å². The van der Waals surface area contributed by atoms with Crippen LogP contribution in [-0.4, -0.2) is 30.0 Å². The van der Waals surface area contributed by atoms with Gasteiger partial charge in [0, 0.05) is 4.43 Å². The molecule has 1 nitrogen and oxygen atoms in total. The summed E-state index contributed by atoms with van der Waals surface area (Å²) in [5.74, 6) is 0. The van der Waals surface area contributed by atoms with Gasteiger partial charge in [0.15, 0.2) is 0 Å². The lowest BCUT2D eigenvalue weighted by atomic mass is 10.5. The molecule has 3 heteroatoms. The maximum absolute atomic E-state index is 2.39. The van der Waals surface area contributed by atoms with Gasteiger partial charge in [-0.3, -0.25) is 0 Å². The van der Waals surface area contributed by atoms with Crippen molar-refractivity contribution in [2.45, 2.75) is 6.42 Å². The second kappa shape index (κ2) is 7.98. The highest BCUT2D eigenvalue weighted by Gasteiger charge is 1.84. The molecule has 0 unspecified atom stereocenters. The summed E-state index contributed by atoms with van der Waals surface area (Å²) >= 11 is 2.39. The smallest absolute Gasteiger partial charge is 0.000744 e. The first-order valence-corrected chi connectivity index (χ1v) is 4.00. The van der Waals surface area contributed by atoms with Crippen LogP contribution < -0.4 is 0 Å². The zero-order valence-corrected chi connectivity index (χ0v) is 8.33. The molecule has 0 aromatic carbocycles. The normalized spacial score (nSPS) is 9.00. The highest BCUT2D eigenvalue weighted by molar-refractivity contribution is 14.1. The SMILES string of the molecule is CN(C)CCCI.Cl. The predicted molar refractivity (Wildman–Crippen MR) is 49.3 cm³/mol. The van der Waals surface area contributed by atoms with Crippen LogP contribution in [-0.2, 0) is 0 Å². The molecule has 0 heterocycles. The van der Waals surface area contributed by atoms with Gasteiger partial charge in [-0.15, -0.1) is 12.4 Å². The van der Waals surface area contributed by atoms with E-state index in [0.29, 0.717) is 0 Å². The first-order chi connectivity index (χ1) is 3.27. The van der Waals surface area contributed by atoms with E-state index >= 15 is 0 Å². The van der Waals surface area contributed by atoms with Crippen LogP contribution in [0.4, 0.5) is 0 Å². The minimum Gasteiger partial charge on any atom is -0.309 e. The third kappa shape index (κ3) is 10.1. The van der Waals surface area contributed by atoms with E-state index in [2.05, 4.69) is 41.6 Å². The van der Waals surface area contributed by atoms with Gasteiger partial charge in [-0.25, -0.2) is 0 Å². The van der Waals surface area contributed by atoms with Gasteiger partial charge < -0.3 is 4.90 Å². The fourth-order valence-corrected chi connectivity index (χ4v) is 0.717. The summed E-state index contributed by atoms with van der Waals surface area (Å²) in [7, 11) is 4.21. The molecule has 0 atom stereocenters. The lowest BCUT2D eigenvalue weighted by Gasteiger charge is -2.05. The quantitative estimate of drug-likeness (QED) is 0.545. The van der Waals surface area contributed by atoms with E-state index in [1.807, 2.05) is 0 Å². The van der Waals surface area contributed by atoms with Crippen molar-refractivity contribution in [3.05, 3.63) is 0 Å². The maximum atomic E-state index is 2.39. The van der Waals surface area contributed by atoms with Crippen molar-refractivity contribution in [2.24, 2.45) is 0 Å². The summed E-state index contributed by atoms with van der Waals surface area (Å²) < 4.78 is 1.27. The molecule has 0 spiro atoms. The fraction of sp³-hybridized carbons (Fsp3) is 1.00. The Kier molecular flexibility index (Phi) is 11.7. The van der Waals surface area contributed by atoms with Gasteiger partial charge in [0.1, 0.15) is 0 Å². The molecule has 0 saturated heterocycles. The summed E-state index contributed by atoms with van der Waals surface area (Å²) in [6.07, 6.45) is 1.31. The predicted octanol–water partition coefficient (Wildman–Crippen LogP) is 1.79. The van der Waals surface area contributed by atoms with E-state index in [1.165, 1.54) is 17.4 Å². The van der Waals surface area contributed by atoms with Gasteiger partial charge in [0.2, 0.25) is 0 Å². The van der Waals surface area contributed by atoms with Gasteiger partial charge in [-0.1, -0.05) is 22.6 Å². The minimum atomic E-state index is 0. The second-order valence-corrected chi connectivity index (χ2v) is 2.92. The van der Waals surface area contributed by atoms with E-state index < -0.39 is 0 Å². The molecular formula is C5H13ClIN. The van der Waals surface area contributed by atoms with E-state index in [9.17, 15) is 0 Å². The van der Waals surface area contributed by atoms with Crippen molar-refractivity contribution >= 4 is 35.0 Å². The van der Waals surface area contributed by atoms with Crippen LogP contribution in [0.25, 0.3) is 0 Å². The first kappa shape index (κ1) is 11.7. The van der Waals surface area contributed by atoms with E-state index in [-0.39, 0.29) is 12.4 Å². The molecule has 0 N–H and O–H groups in total. The van der Waals surface area contributed by atoms with Crippen molar-refractivity contribution < 1.29 is 0 Å². The summed E-state index contributed by atoms with van der Waals surface area (Å²) in [4.78, 5) is 2.21. The van der Waals surface area contributed by atoms with E-state index in [0.717, 1.165) is 0 Å². The van der Waals surface area contributed by atoms with Gasteiger partial charge in [0.05, 0.1) is 0 Å². The molecule has 0 fully saturated rings. The summed E-state index contributed by atoms with van der Waals surface area (Å²) in [5, 5.41) is 0. The van der Waals surface area contributed by atoms with Crippen molar-refractivity contribution in [3.8, 4) is 0 Å². The van der Waals surface area contributed by atoms with Crippen molar-refractivity contribution in [1.29, 1.82) is 0 Å². The third-order valence-corrected chi connectivity index (χ3v) is 1.50. The number of halogens is 2. The summed E-state index contributed by atoms with van der Waals surface area (Å²) in [5.41, 5.74) is 0. The summed E-state index contributed by atoms with van der Waals surface area (Å²) in [6.45, 7) is 1.23.